The Morgan fingerprint density at radius 2 is 2.33 bits per heavy atom. The molecule has 0 aliphatic rings. The zero-order valence-electron chi connectivity index (χ0n) is 10.3. The van der Waals surface area contributed by atoms with E-state index in [9.17, 15) is 9.50 Å². The number of nitrogens with one attached hydrogen (secondary N) is 1. The SMILES string of the molecule is CCCNCC(O)COc1ccc(C#N)cc1F. The Labute approximate surface area is 106 Å². The summed E-state index contributed by atoms with van der Waals surface area (Å²) in [5, 5.41) is 21.2. The van der Waals surface area contributed by atoms with Crippen LogP contribution in [-0.4, -0.2) is 30.9 Å². The summed E-state index contributed by atoms with van der Waals surface area (Å²) in [7, 11) is 0. The average Bonchev–Trinajstić information content (AvgIpc) is 2.37. The van der Waals surface area contributed by atoms with Gasteiger partial charge in [-0.25, -0.2) is 4.39 Å². The molecule has 0 heterocycles. The third kappa shape index (κ3) is 4.70. The van der Waals surface area contributed by atoms with Gasteiger partial charge in [-0.05, 0) is 31.2 Å². The van der Waals surface area contributed by atoms with Gasteiger partial charge in [-0.2, -0.15) is 5.26 Å². The summed E-state index contributed by atoms with van der Waals surface area (Å²) in [5.74, 6) is -0.550. The second-order valence-electron chi connectivity index (χ2n) is 3.93. The van der Waals surface area contributed by atoms with Crippen LogP contribution in [0, 0.1) is 17.1 Å². The van der Waals surface area contributed by atoms with E-state index in [1.165, 1.54) is 12.1 Å². The monoisotopic (exact) mass is 252 g/mol. The molecule has 0 aliphatic heterocycles. The van der Waals surface area contributed by atoms with Crippen LogP contribution in [0.4, 0.5) is 4.39 Å². The Balaban J connectivity index is 2.41. The Kier molecular flexibility index (Phi) is 6.12. The van der Waals surface area contributed by atoms with E-state index < -0.39 is 11.9 Å². The maximum absolute atomic E-state index is 13.4. The van der Waals surface area contributed by atoms with Gasteiger partial charge >= 0.3 is 0 Å². The van der Waals surface area contributed by atoms with Crippen molar-refractivity contribution in [3.05, 3.63) is 29.6 Å². The quantitative estimate of drug-likeness (QED) is 0.721. The fourth-order valence-corrected chi connectivity index (χ4v) is 1.38. The smallest absolute Gasteiger partial charge is 0.166 e. The lowest BCUT2D eigenvalue weighted by molar-refractivity contribution is 0.104. The van der Waals surface area contributed by atoms with Gasteiger partial charge in [0.2, 0.25) is 0 Å². The number of hydrogen-bond acceptors (Lipinski definition) is 4. The van der Waals surface area contributed by atoms with E-state index in [0.29, 0.717) is 6.54 Å². The summed E-state index contributed by atoms with van der Waals surface area (Å²) in [6.45, 7) is 3.27. The van der Waals surface area contributed by atoms with Crippen molar-refractivity contribution in [1.29, 1.82) is 5.26 Å². The third-order valence-corrected chi connectivity index (χ3v) is 2.30. The number of aliphatic hydroxyl groups is 1. The lowest BCUT2D eigenvalue weighted by Crippen LogP contribution is -2.31. The number of benzene rings is 1. The molecule has 0 fully saturated rings. The van der Waals surface area contributed by atoms with Crippen LogP contribution in [0.5, 0.6) is 5.75 Å². The highest BCUT2D eigenvalue weighted by Crippen LogP contribution is 2.17. The lowest BCUT2D eigenvalue weighted by Gasteiger charge is -2.13. The van der Waals surface area contributed by atoms with Gasteiger partial charge in [0.05, 0.1) is 11.6 Å². The first-order chi connectivity index (χ1) is 8.67. The fourth-order valence-electron chi connectivity index (χ4n) is 1.38. The summed E-state index contributed by atoms with van der Waals surface area (Å²) in [6.07, 6.45) is 0.296. The van der Waals surface area contributed by atoms with Crippen molar-refractivity contribution in [2.24, 2.45) is 0 Å². The minimum atomic E-state index is -0.688. The van der Waals surface area contributed by atoms with E-state index in [2.05, 4.69) is 5.32 Å². The van der Waals surface area contributed by atoms with Crippen LogP contribution in [0.25, 0.3) is 0 Å². The summed E-state index contributed by atoms with van der Waals surface area (Å²) in [6, 6.07) is 5.81. The van der Waals surface area contributed by atoms with Gasteiger partial charge in [-0.15, -0.1) is 0 Å². The van der Waals surface area contributed by atoms with Gasteiger partial charge in [0.15, 0.2) is 11.6 Å². The number of ether oxygens (including phenoxy) is 1. The molecule has 2 N–H and O–H groups in total. The van der Waals surface area contributed by atoms with Crippen LogP contribution in [-0.2, 0) is 0 Å². The largest absolute Gasteiger partial charge is 0.488 e. The first-order valence-corrected chi connectivity index (χ1v) is 5.88. The first-order valence-electron chi connectivity index (χ1n) is 5.88. The second kappa shape index (κ2) is 7.64. The van der Waals surface area contributed by atoms with E-state index >= 15 is 0 Å². The van der Waals surface area contributed by atoms with Crippen molar-refractivity contribution >= 4 is 0 Å². The van der Waals surface area contributed by atoms with Gasteiger partial charge in [0.25, 0.3) is 0 Å². The Hall–Kier alpha value is -1.64. The second-order valence-corrected chi connectivity index (χ2v) is 3.93. The first kappa shape index (κ1) is 14.4. The molecule has 1 unspecified atom stereocenters. The van der Waals surface area contributed by atoms with Gasteiger partial charge in [0, 0.05) is 6.54 Å². The minimum Gasteiger partial charge on any atom is -0.488 e. The van der Waals surface area contributed by atoms with E-state index in [1.807, 2.05) is 13.0 Å². The highest BCUT2D eigenvalue weighted by atomic mass is 19.1. The summed E-state index contributed by atoms with van der Waals surface area (Å²) in [4.78, 5) is 0. The van der Waals surface area contributed by atoms with Crippen LogP contribution in [0.2, 0.25) is 0 Å². The molecule has 4 nitrogen and oxygen atoms in total. The van der Waals surface area contributed by atoms with Gasteiger partial charge in [-0.1, -0.05) is 6.92 Å². The van der Waals surface area contributed by atoms with Crippen LogP contribution < -0.4 is 10.1 Å². The molecule has 1 aromatic rings. The Morgan fingerprint density at radius 1 is 1.56 bits per heavy atom. The number of rotatable bonds is 7. The molecule has 0 aliphatic carbocycles. The van der Waals surface area contributed by atoms with Crippen molar-refractivity contribution in [2.75, 3.05) is 19.7 Å². The molecule has 0 spiro atoms. The zero-order chi connectivity index (χ0) is 13.4. The van der Waals surface area contributed by atoms with E-state index in [-0.39, 0.29) is 17.9 Å². The molecule has 0 amide bonds. The van der Waals surface area contributed by atoms with Crippen LogP contribution in [0.1, 0.15) is 18.9 Å². The number of nitrogens with zero attached hydrogens (tertiary/aromatic N) is 1. The normalized spacial score (nSPS) is 11.9. The number of hydrogen-bond donors (Lipinski definition) is 2. The van der Waals surface area contributed by atoms with E-state index in [4.69, 9.17) is 10.00 Å². The van der Waals surface area contributed by atoms with E-state index in [1.54, 1.807) is 0 Å². The maximum atomic E-state index is 13.4. The molecule has 0 saturated heterocycles. The number of nitriles is 1. The molecule has 1 aromatic carbocycles. The third-order valence-electron chi connectivity index (χ3n) is 2.30. The topological polar surface area (TPSA) is 65.3 Å². The minimum absolute atomic E-state index is 0.0134. The maximum Gasteiger partial charge on any atom is 0.166 e. The van der Waals surface area contributed by atoms with Crippen molar-refractivity contribution in [2.45, 2.75) is 19.4 Å². The van der Waals surface area contributed by atoms with Crippen LogP contribution in [0.3, 0.4) is 0 Å². The van der Waals surface area contributed by atoms with Gasteiger partial charge in [0.1, 0.15) is 12.7 Å². The van der Waals surface area contributed by atoms with Crippen molar-refractivity contribution in [1.82, 2.24) is 5.32 Å². The molecule has 5 heteroatoms. The highest BCUT2D eigenvalue weighted by molar-refractivity contribution is 5.35. The van der Waals surface area contributed by atoms with Crippen LogP contribution >= 0.6 is 0 Å². The van der Waals surface area contributed by atoms with Crippen molar-refractivity contribution < 1.29 is 14.2 Å². The Bertz CT molecular complexity index is 418. The molecular formula is C13H17FN2O2. The van der Waals surface area contributed by atoms with E-state index in [0.717, 1.165) is 19.0 Å². The Morgan fingerprint density at radius 3 is 2.94 bits per heavy atom. The van der Waals surface area contributed by atoms with Crippen molar-refractivity contribution in [3.8, 4) is 11.8 Å². The molecule has 0 bridgehead atoms. The average molecular weight is 252 g/mol. The fraction of sp³-hybridized carbons (Fsp3) is 0.462. The van der Waals surface area contributed by atoms with Crippen LogP contribution in [0.15, 0.2) is 18.2 Å². The molecule has 98 valence electrons. The van der Waals surface area contributed by atoms with Gasteiger partial charge in [-0.3, -0.25) is 0 Å². The summed E-state index contributed by atoms with van der Waals surface area (Å²) in [5.41, 5.74) is 0.241. The molecule has 0 saturated carbocycles. The number of aliphatic hydroxyl groups excluding tert-OH is 1. The van der Waals surface area contributed by atoms with Gasteiger partial charge < -0.3 is 15.2 Å². The molecule has 0 radical (unpaired) electrons. The predicted octanol–water partition coefficient (Wildman–Crippen LogP) is 1.44. The standard InChI is InChI=1S/C13H17FN2O2/c1-2-5-16-8-11(17)9-18-13-4-3-10(7-15)6-12(13)14/h3-4,6,11,16-17H,2,5,8-9H2,1H3. The van der Waals surface area contributed by atoms with Crippen molar-refractivity contribution in [3.63, 3.8) is 0 Å². The molecule has 1 atom stereocenters. The summed E-state index contributed by atoms with van der Waals surface area (Å²) < 4.78 is 18.6. The zero-order valence-corrected chi connectivity index (χ0v) is 10.3. The molecule has 1 rings (SSSR count). The number of halogens is 1. The predicted molar refractivity (Wildman–Crippen MR) is 65.8 cm³/mol. The molecule has 0 aromatic heterocycles. The molecular weight excluding hydrogens is 235 g/mol. The lowest BCUT2D eigenvalue weighted by atomic mass is 10.2. The molecule has 18 heavy (non-hydrogen) atoms. The highest BCUT2D eigenvalue weighted by Gasteiger charge is 2.08. The summed E-state index contributed by atoms with van der Waals surface area (Å²) >= 11 is 0.